The van der Waals surface area contributed by atoms with E-state index < -0.39 is 5.60 Å². The predicted molar refractivity (Wildman–Crippen MR) is 41.4 cm³/mol. The Bertz CT molecular complexity index is 205. The van der Waals surface area contributed by atoms with Gasteiger partial charge in [-0.25, -0.2) is 4.79 Å². The van der Waals surface area contributed by atoms with Crippen LogP contribution in [-0.4, -0.2) is 31.3 Å². The number of hydrogen-bond acceptors (Lipinski definition) is 4. The van der Waals surface area contributed by atoms with Crippen molar-refractivity contribution in [1.29, 1.82) is 0 Å². The van der Waals surface area contributed by atoms with E-state index in [4.69, 9.17) is 10.5 Å². The quantitative estimate of drug-likeness (QED) is 0.548. The predicted octanol–water partition coefficient (Wildman–Crippen LogP) is -0.334. The summed E-state index contributed by atoms with van der Waals surface area (Å²) < 4.78 is 10.1. The van der Waals surface area contributed by atoms with Gasteiger partial charge in [0.2, 0.25) is 0 Å². The Morgan fingerprint density at radius 3 is 2.75 bits per heavy atom. The number of hydrogen-bond donors (Lipinski definition) is 1. The van der Waals surface area contributed by atoms with Crippen LogP contribution in [0.1, 0.15) is 12.8 Å². The monoisotopic (exact) mass is 171 g/mol. The average Bonchev–Trinajstić information content (AvgIpc) is 2.02. The Balaban J connectivity index is 2.05. The number of rotatable bonds is 1. The van der Waals surface area contributed by atoms with Gasteiger partial charge in [0.05, 0.1) is 13.7 Å². The molecule has 4 heteroatoms. The first-order chi connectivity index (χ1) is 5.68. The molecule has 3 aliphatic rings. The van der Waals surface area contributed by atoms with Crippen molar-refractivity contribution in [2.75, 3.05) is 13.7 Å². The number of carbonyl (C=O) groups is 1. The van der Waals surface area contributed by atoms with Gasteiger partial charge in [-0.15, -0.1) is 0 Å². The molecule has 2 bridgehead atoms. The molecule has 1 unspecified atom stereocenters. The number of carbonyl (C=O) groups excluding carboxylic acids is 1. The first-order valence-corrected chi connectivity index (χ1v) is 4.16. The van der Waals surface area contributed by atoms with Gasteiger partial charge in [-0.2, -0.15) is 0 Å². The molecule has 0 aromatic heterocycles. The van der Waals surface area contributed by atoms with E-state index in [9.17, 15) is 4.79 Å². The Morgan fingerprint density at radius 2 is 2.33 bits per heavy atom. The molecule has 2 N–H and O–H groups in total. The van der Waals surface area contributed by atoms with Crippen LogP contribution in [0.3, 0.4) is 0 Å². The van der Waals surface area contributed by atoms with Crippen molar-refractivity contribution in [2.24, 2.45) is 11.7 Å². The zero-order valence-electron chi connectivity index (χ0n) is 7.08. The normalized spacial score (nSPS) is 44.8. The van der Waals surface area contributed by atoms with Crippen LogP contribution in [0, 0.1) is 5.92 Å². The fraction of sp³-hybridized carbons (Fsp3) is 0.875. The molecular weight excluding hydrogens is 158 g/mol. The van der Waals surface area contributed by atoms with Gasteiger partial charge in [-0.3, -0.25) is 0 Å². The molecular formula is C8H13NO3. The van der Waals surface area contributed by atoms with Crippen LogP contribution < -0.4 is 5.73 Å². The van der Waals surface area contributed by atoms with Crippen LogP contribution in [0.15, 0.2) is 0 Å². The highest BCUT2D eigenvalue weighted by Gasteiger charge is 2.57. The molecule has 68 valence electrons. The number of fused-ring (bicyclic) bond motifs is 2. The molecule has 4 nitrogen and oxygen atoms in total. The van der Waals surface area contributed by atoms with Crippen molar-refractivity contribution in [3.05, 3.63) is 0 Å². The molecule has 0 spiro atoms. The maximum Gasteiger partial charge on any atom is 0.338 e. The Hall–Kier alpha value is -0.610. The molecule has 0 radical (unpaired) electrons. The molecule has 3 rings (SSSR count). The zero-order valence-corrected chi connectivity index (χ0v) is 7.08. The topological polar surface area (TPSA) is 61.5 Å². The van der Waals surface area contributed by atoms with Crippen LogP contribution in [0.25, 0.3) is 0 Å². The van der Waals surface area contributed by atoms with Gasteiger partial charge in [0.15, 0.2) is 5.60 Å². The zero-order chi connectivity index (χ0) is 8.77. The summed E-state index contributed by atoms with van der Waals surface area (Å²) in [7, 11) is 1.39. The van der Waals surface area contributed by atoms with Crippen molar-refractivity contribution in [3.63, 3.8) is 0 Å². The summed E-state index contributed by atoms with van der Waals surface area (Å²) in [6.45, 7) is 0.486. The van der Waals surface area contributed by atoms with Crippen LogP contribution in [0.5, 0.6) is 0 Å². The summed E-state index contributed by atoms with van der Waals surface area (Å²) in [6.07, 6.45) is 1.47. The highest BCUT2D eigenvalue weighted by atomic mass is 16.6. The summed E-state index contributed by atoms with van der Waals surface area (Å²) >= 11 is 0. The molecule has 1 atom stereocenters. The Kier molecular flexibility index (Phi) is 1.63. The van der Waals surface area contributed by atoms with E-state index in [2.05, 4.69) is 4.74 Å². The van der Waals surface area contributed by atoms with E-state index in [0.717, 1.165) is 12.8 Å². The molecule has 2 saturated heterocycles. The lowest BCUT2D eigenvalue weighted by molar-refractivity contribution is -0.214. The second kappa shape index (κ2) is 2.44. The minimum Gasteiger partial charge on any atom is -0.467 e. The van der Waals surface area contributed by atoms with Crippen LogP contribution >= 0.6 is 0 Å². The van der Waals surface area contributed by atoms with E-state index in [1.165, 1.54) is 7.11 Å². The van der Waals surface area contributed by atoms with Crippen molar-refractivity contribution >= 4 is 5.97 Å². The van der Waals surface area contributed by atoms with Crippen LogP contribution in [-0.2, 0) is 14.3 Å². The van der Waals surface area contributed by atoms with Gasteiger partial charge >= 0.3 is 5.97 Å². The maximum absolute atomic E-state index is 11.2. The number of esters is 1. The maximum atomic E-state index is 11.2. The second-order valence-corrected chi connectivity index (χ2v) is 3.63. The standard InChI is InChI=1S/C8H13NO3/c1-11-7(10)8-2-5(3-8)6(9)4-12-8/h5-6H,2-4,9H2,1H3. The molecule has 2 heterocycles. The van der Waals surface area contributed by atoms with Gasteiger partial charge in [-0.05, 0) is 18.8 Å². The van der Waals surface area contributed by atoms with Gasteiger partial charge in [0.25, 0.3) is 0 Å². The third kappa shape index (κ3) is 0.881. The minimum atomic E-state index is -0.630. The average molecular weight is 171 g/mol. The van der Waals surface area contributed by atoms with Crippen molar-refractivity contribution in [1.82, 2.24) is 0 Å². The van der Waals surface area contributed by atoms with Gasteiger partial charge in [0.1, 0.15) is 0 Å². The summed E-state index contributed by atoms with van der Waals surface area (Å²) in [5.74, 6) is 0.212. The van der Waals surface area contributed by atoms with E-state index in [1.807, 2.05) is 0 Å². The third-order valence-electron chi connectivity index (χ3n) is 2.90. The van der Waals surface area contributed by atoms with Crippen molar-refractivity contribution in [3.8, 4) is 0 Å². The third-order valence-corrected chi connectivity index (χ3v) is 2.90. The number of nitrogens with two attached hydrogens (primary N) is 1. The highest BCUT2D eigenvalue weighted by molar-refractivity contribution is 5.81. The first-order valence-electron chi connectivity index (χ1n) is 4.16. The van der Waals surface area contributed by atoms with Gasteiger partial charge in [-0.1, -0.05) is 0 Å². The summed E-state index contributed by atoms with van der Waals surface area (Å²) in [4.78, 5) is 11.2. The SMILES string of the molecule is COC(=O)C12CC(C1)C(N)CO2. The van der Waals surface area contributed by atoms with Crippen molar-refractivity contribution < 1.29 is 14.3 Å². The molecule has 2 aliphatic heterocycles. The molecule has 0 amide bonds. The van der Waals surface area contributed by atoms with E-state index in [0.29, 0.717) is 12.5 Å². The summed E-state index contributed by atoms with van der Waals surface area (Å²) in [5.41, 5.74) is 5.11. The molecule has 0 aromatic rings. The second-order valence-electron chi connectivity index (χ2n) is 3.63. The molecule has 1 saturated carbocycles. The van der Waals surface area contributed by atoms with Crippen molar-refractivity contribution in [2.45, 2.75) is 24.5 Å². The van der Waals surface area contributed by atoms with E-state index in [1.54, 1.807) is 0 Å². The Labute approximate surface area is 71.0 Å². The lowest BCUT2D eigenvalue weighted by atomic mass is 9.65. The summed E-state index contributed by atoms with van der Waals surface area (Å²) in [6, 6.07) is 0.108. The fourth-order valence-corrected chi connectivity index (χ4v) is 2.01. The Morgan fingerprint density at radius 1 is 1.67 bits per heavy atom. The van der Waals surface area contributed by atoms with E-state index >= 15 is 0 Å². The van der Waals surface area contributed by atoms with Crippen LogP contribution in [0.2, 0.25) is 0 Å². The first kappa shape index (κ1) is 8.01. The molecule has 12 heavy (non-hydrogen) atoms. The molecule has 3 fully saturated rings. The minimum absolute atomic E-state index is 0.108. The van der Waals surface area contributed by atoms with Gasteiger partial charge in [0, 0.05) is 6.04 Å². The van der Waals surface area contributed by atoms with Crippen LogP contribution in [0.4, 0.5) is 0 Å². The van der Waals surface area contributed by atoms with E-state index in [-0.39, 0.29) is 12.0 Å². The largest absolute Gasteiger partial charge is 0.467 e. The number of methoxy groups -OCH3 is 1. The summed E-state index contributed by atoms with van der Waals surface area (Å²) in [5, 5.41) is 0. The van der Waals surface area contributed by atoms with Gasteiger partial charge < -0.3 is 15.2 Å². The number of ether oxygens (including phenoxy) is 2. The fourth-order valence-electron chi connectivity index (χ4n) is 2.01. The lowest BCUT2D eigenvalue weighted by Gasteiger charge is -2.52. The lowest BCUT2D eigenvalue weighted by Crippen LogP contribution is -2.64. The smallest absolute Gasteiger partial charge is 0.338 e. The molecule has 1 aliphatic carbocycles. The molecule has 0 aromatic carbocycles. The highest BCUT2D eigenvalue weighted by Crippen LogP contribution is 2.47.